The summed E-state index contributed by atoms with van der Waals surface area (Å²) < 4.78 is 0. The number of hydrogen-bond acceptors (Lipinski definition) is 10. The van der Waals surface area contributed by atoms with Crippen LogP contribution in [0.2, 0.25) is 0 Å². The van der Waals surface area contributed by atoms with Gasteiger partial charge < -0.3 is 40.9 Å². The Morgan fingerprint density at radius 3 is 1.22 bits per heavy atom. The van der Waals surface area contributed by atoms with Gasteiger partial charge in [-0.25, -0.2) is 0 Å². The molecule has 242 valence electrons. The van der Waals surface area contributed by atoms with E-state index in [0.717, 1.165) is 12.4 Å². The number of phenolic OH excluding ortho intramolecular Hbond substituents is 6. The highest BCUT2D eigenvalue weighted by atomic mass is 16.4. The van der Waals surface area contributed by atoms with Gasteiger partial charge in [-0.15, -0.1) is 0 Å². The van der Waals surface area contributed by atoms with Crippen molar-refractivity contribution in [3.63, 3.8) is 0 Å². The summed E-state index contributed by atoms with van der Waals surface area (Å²) in [6, 6.07) is 3.33. The maximum atomic E-state index is 12.0. The second kappa shape index (κ2) is 12.5. The fraction of sp³-hybridized carbons (Fsp3) is 0.294. The van der Waals surface area contributed by atoms with Crippen LogP contribution in [0.4, 0.5) is 0 Å². The summed E-state index contributed by atoms with van der Waals surface area (Å²) in [6.07, 6.45) is 2.10. The molecule has 0 spiro atoms. The van der Waals surface area contributed by atoms with Crippen LogP contribution in [0, 0.1) is 13.8 Å². The van der Waals surface area contributed by atoms with Crippen LogP contribution in [0.25, 0.3) is 32.7 Å². The van der Waals surface area contributed by atoms with Gasteiger partial charge in [-0.1, -0.05) is 39.8 Å². The Morgan fingerprint density at radius 1 is 0.609 bits per heavy atom. The van der Waals surface area contributed by atoms with Gasteiger partial charge in [0.1, 0.15) is 24.6 Å². The molecule has 0 aliphatic carbocycles. The second-order valence-electron chi connectivity index (χ2n) is 11.8. The van der Waals surface area contributed by atoms with Gasteiger partial charge in [0, 0.05) is 56.6 Å². The van der Waals surface area contributed by atoms with Crippen molar-refractivity contribution in [2.75, 3.05) is 13.1 Å². The highest BCUT2D eigenvalue weighted by molar-refractivity contribution is 6.15. The summed E-state index contributed by atoms with van der Waals surface area (Å²) in [5.74, 6) is -6.06. The van der Waals surface area contributed by atoms with Crippen LogP contribution in [0.15, 0.2) is 22.1 Å². The molecule has 0 bridgehead atoms. The molecule has 0 atom stereocenters. The average Bonchev–Trinajstić information content (AvgIpc) is 2.94. The van der Waals surface area contributed by atoms with Gasteiger partial charge in [0.2, 0.25) is 0 Å². The number of carboxylic acids is 2. The van der Waals surface area contributed by atoms with Gasteiger partial charge in [0.25, 0.3) is 0 Å². The number of hydrogen-bond donors (Lipinski definition) is 8. The van der Waals surface area contributed by atoms with Gasteiger partial charge in [-0.3, -0.25) is 19.6 Å². The lowest BCUT2D eigenvalue weighted by Crippen LogP contribution is -2.03. The van der Waals surface area contributed by atoms with Crippen LogP contribution in [0.5, 0.6) is 34.5 Å². The molecule has 0 radical (unpaired) electrons. The van der Waals surface area contributed by atoms with Crippen molar-refractivity contribution < 1.29 is 50.4 Å². The first-order valence-electron chi connectivity index (χ1n) is 14.4. The van der Waals surface area contributed by atoms with Crippen molar-refractivity contribution in [2.24, 2.45) is 9.98 Å². The van der Waals surface area contributed by atoms with E-state index < -0.39 is 59.5 Å². The molecule has 12 heteroatoms. The van der Waals surface area contributed by atoms with Gasteiger partial charge in [-0.2, -0.15) is 0 Å². The number of aromatic hydroxyl groups is 6. The first-order valence-corrected chi connectivity index (χ1v) is 14.4. The second-order valence-corrected chi connectivity index (χ2v) is 11.8. The zero-order chi connectivity index (χ0) is 34.4. The van der Waals surface area contributed by atoms with Crippen molar-refractivity contribution in [1.29, 1.82) is 0 Å². The van der Waals surface area contributed by atoms with Gasteiger partial charge >= 0.3 is 11.9 Å². The van der Waals surface area contributed by atoms with Crippen LogP contribution in [-0.4, -0.2) is 78.3 Å². The fourth-order valence-electron chi connectivity index (χ4n) is 6.05. The number of aryl methyl sites for hydroxylation is 2. The molecular formula is C34H36N2O10. The third-order valence-corrected chi connectivity index (χ3v) is 7.88. The molecule has 0 fully saturated rings. The van der Waals surface area contributed by atoms with Gasteiger partial charge in [-0.05, 0) is 47.6 Å². The van der Waals surface area contributed by atoms with E-state index in [1.54, 1.807) is 53.7 Å². The Hall–Kier alpha value is -5.52. The fourth-order valence-corrected chi connectivity index (χ4v) is 6.05. The molecule has 4 aromatic carbocycles. The normalized spacial score (nSPS) is 12.1. The average molecular weight is 633 g/mol. The Kier molecular flexibility index (Phi) is 9.04. The first-order chi connectivity index (χ1) is 21.5. The SMILES string of the molecule is Cc1cc2c(C(C)C)c(O)c(O)c(C=NCC(=O)O)c2c(O)c1-c1c(C)cc2c(C(C)C)c(O)c(O)c(C=NCC(=O)O)c2c1O. The van der Waals surface area contributed by atoms with Gasteiger partial charge in [0.15, 0.2) is 23.0 Å². The van der Waals surface area contributed by atoms with Crippen LogP contribution in [0.1, 0.15) is 72.9 Å². The van der Waals surface area contributed by atoms with Crippen molar-refractivity contribution in [2.45, 2.75) is 53.4 Å². The molecule has 0 amide bonds. The summed E-state index contributed by atoms with van der Waals surface area (Å²) in [7, 11) is 0. The Bertz CT molecular complexity index is 1850. The smallest absolute Gasteiger partial charge is 0.325 e. The highest BCUT2D eigenvalue weighted by Crippen LogP contribution is 2.54. The lowest BCUT2D eigenvalue weighted by molar-refractivity contribution is -0.136. The predicted octanol–water partition coefficient (Wildman–Crippen LogP) is 5.76. The van der Waals surface area contributed by atoms with Crippen molar-refractivity contribution in [3.8, 4) is 45.6 Å². The molecule has 0 heterocycles. The third kappa shape index (κ3) is 5.57. The number of aliphatic carboxylic acids is 2. The molecule has 12 nitrogen and oxygen atoms in total. The molecule has 0 saturated heterocycles. The molecule has 4 rings (SSSR count). The maximum absolute atomic E-state index is 12.0. The number of phenols is 6. The summed E-state index contributed by atoms with van der Waals surface area (Å²) in [5, 5.41) is 86.9. The van der Waals surface area contributed by atoms with E-state index in [4.69, 9.17) is 10.2 Å². The van der Waals surface area contributed by atoms with E-state index >= 15 is 0 Å². The zero-order valence-electron chi connectivity index (χ0n) is 26.2. The zero-order valence-corrected chi connectivity index (χ0v) is 26.2. The van der Waals surface area contributed by atoms with Crippen LogP contribution in [0.3, 0.4) is 0 Å². The van der Waals surface area contributed by atoms with Crippen LogP contribution >= 0.6 is 0 Å². The van der Waals surface area contributed by atoms with Crippen LogP contribution < -0.4 is 0 Å². The first kappa shape index (κ1) is 33.4. The number of aliphatic imine (C=N–C) groups is 2. The minimum Gasteiger partial charge on any atom is -0.507 e. The van der Waals surface area contributed by atoms with Crippen molar-refractivity contribution in [1.82, 2.24) is 0 Å². The summed E-state index contributed by atoms with van der Waals surface area (Å²) >= 11 is 0. The number of fused-ring (bicyclic) bond motifs is 2. The largest absolute Gasteiger partial charge is 0.507 e. The number of carboxylic acid groups (broad SMARTS) is 2. The summed E-state index contributed by atoms with van der Waals surface area (Å²) in [4.78, 5) is 30.0. The lowest BCUT2D eigenvalue weighted by Gasteiger charge is -2.23. The molecule has 0 aliphatic rings. The monoisotopic (exact) mass is 632 g/mol. The van der Waals surface area contributed by atoms with Crippen LogP contribution in [-0.2, 0) is 9.59 Å². The van der Waals surface area contributed by atoms with E-state index in [-0.39, 0.29) is 44.9 Å². The molecule has 0 saturated carbocycles. The van der Waals surface area contributed by atoms with E-state index in [9.17, 15) is 40.2 Å². The quantitative estimate of drug-likeness (QED) is 0.0822. The Balaban J connectivity index is 2.23. The molecule has 8 N–H and O–H groups in total. The van der Waals surface area contributed by atoms with E-state index in [1.807, 2.05) is 0 Å². The third-order valence-electron chi connectivity index (χ3n) is 7.88. The lowest BCUT2D eigenvalue weighted by atomic mass is 9.83. The van der Waals surface area contributed by atoms with E-state index in [2.05, 4.69) is 9.98 Å². The molecule has 0 aliphatic heterocycles. The van der Waals surface area contributed by atoms with Crippen molar-refractivity contribution >= 4 is 45.9 Å². The summed E-state index contributed by atoms with van der Waals surface area (Å²) in [6.45, 7) is 9.21. The standard InChI is InChI=1S/C34H36N2O10/c1-13(2)23-17-7-15(5)25(31(43)27(17)19(29(41)33(23)45)9-35-11-21(37)38)26-16(6)8-18-24(14(3)4)34(46)30(42)20(28(18)32(26)44)10-36-12-22(39)40/h7-10,13-14,41-46H,11-12H2,1-6H3,(H,37,38)(H,39,40). The maximum Gasteiger partial charge on any atom is 0.325 e. The number of nitrogens with zero attached hydrogens (tertiary/aromatic N) is 2. The van der Waals surface area contributed by atoms with E-state index in [0.29, 0.717) is 33.0 Å². The minimum absolute atomic E-state index is 0.0484. The number of benzene rings is 4. The molecule has 0 aromatic heterocycles. The van der Waals surface area contributed by atoms with E-state index in [1.165, 1.54) is 0 Å². The predicted molar refractivity (Wildman–Crippen MR) is 175 cm³/mol. The Labute approximate surface area is 263 Å². The van der Waals surface area contributed by atoms with Crippen molar-refractivity contribution in [3.05, 3.63) is 45.5 Å². The highest BCUT2D eigenvalue weighted by Gasteiger charge is 2.29. The number of rotatable bonds is 9. The molecular weight excluding hydrogens is 596 g/mol. The summed E-state index contributed by atoms with van der Waals surface area (Å²) in [5.41, 5.74) is 1.54. The molecule has 46 heavy (non-hydrogen) atoms. The molecule has 4 aromatic rings. The van der Waals surface area contributed by atoms with Gasteiger partial charge in [0.05, 0.1) is 0 Å². The Morgan fingerprint density at radius 2 is 0.935 bits per heavy atom. The number of carbonyl (C=O) groups is 2. The topological polar surface area (TPSA) is 221 Å². The minimum atomic E-state index is -1.24. The molecule has 0 unspecified atom stereocenters.